The first-order valence-electron chi connectivity index (χ1n) is 14.7. The lowest BCUT2D eigenvalue weighted by Gasteiger charge is -2.52. The van der Waals surface area contributed by atoms with E-state index in [2.05, 4.69) is 121 Å². The topological polar surface area (TPSA) is 36.9 Å². The van der Waals surface area contributed by atoms with E-state index in [1.807, 2.05) is 0 Å². The van der Waals surface area contributed by atoms with E-state index in [0.717, 1.165) is 49.9 Å². The van der Waals surface area contributed by atoms with E-state index in [1.165, 1.54) is 20.7 Å². The van der Waals surface area contributed by atoms with Crippen LogP contribution in [0.2, 0.25) is 24.2 Å². The molecule has 0 amide bonds. The normalized spacial score (nSPS) is 22.6. The summed E-state index contributed by atoms with van der Waals surface area (Å²) >= 11 is 0. The second-order valence-electron chi connectivity index (χ2n) is 11.3. The van der Waals surface area contributed by atoms with Crippen molar-refractivity contribution in [2.24, 2.45) is 0 Å². The lowest BCUT2D eigenvalue weighted by Crippen LogP contribution is -2.80. The average molecular weight is 597 g/mol. The molecule has 2 spiro atoms. The molecular formula is C32H36O4Si4. The third-order valence-corrected chi connectivity index (χ3v) is 28.1. The fourth-order valence-electron chi connectivity index (χ4n) is 6.80. The fraction of sp³-hybridized carbons (Fsp3) is 0.250. The van der Waals surface area contributed by atoms with Crippen LogP contribution >= 0.6 is 0 Å². The van der Waals surface area contributed by atoms with Crippen molar-refractivity contribution in [3.05, 3.63) is 121 Å². The van der Waals surface area contributed by atoms with Gasteiger partial charge in [-0.25, -0.2) is 0 Å². The second kappa shape index (κ2) is 10.8. The minimum atomic E-state index is -3.16. The third-order valence-electron chi connectivity index (χ3n) is 8.66. The number of rotatable bonds is 4. The van der Waals surface area contributed by atoms with Crippen LogP contribution in [0.4, 0.5) is 0 Å². The molecule has 0 saturated carbocycles. The molecule has 3 saturated heterocycles. The van der Waals surface area contributed by atoms with Gasteiger partial charge in [0.1, 0.15) is 0 Å². The molecule has 3 fully saturated rings. The van der Waals surface area contributed by atoms with Crippen LogP contribution in [0.3, 0.4) is 0 Å². The Morgan fingerprint density at radius 3 is 0.775 bits per heavy atom. The lowest BCUT2D eigenvalue weighted by molar-refractivity contribution is 0.244. The summed E-state index contributed by atoms with van der Waals surface area (Å²) in [6, 6.07) is 46.9. The maximum atomic E-state index is 7.81. The summed E-state index contributed by atoms with van der Waals surface area (Å²) in [6.45, 7) is 0. The zero-order valence-electron chi connectivity index (χ0n) is 22.8. The standard InChI is InChI=1S/C32H36O4Si4/c1-5-17-29(18-6-1)39(30-19-7-2-8-20-30)33-37(25-13-14-26-37)35-40(31-21-9-3-10-22-31,32-23-11-4-12-24-32)36-38(34-39)27-15-16-28-38/h1-12,17-24H,13-16,25-28H2. The summed E-state index contributed by atoms with van der Waals surface area (Å²) in [6.07, 6.45) is 4.49. The largest absolute Gasteiger partial charge is 0.409 e. The zero-order chi connectivity index (χ0) is 26.9. The van der Waals surface area contributed by atoms with Crippen molar-refractivity contribution in [3.63, 3.8) is 0 Å². The Morgan fingerprint density at radius 2 is 0.550 bits per heavy atom. The van der Waals surface area contributed by atoms with E-state index in [-0.39, 0.29) is 0 Å². The van der Waals surface area contributed by atoms with E-state index in [9.17, 15) is 0 Å². The van der Waals surface area contributed by atoms with Crippen molar-refractivity contribution in [3.8, 4) is 0 Å². The van der Waals surface area contributed by atoms with Gasteiger partial charge in [0.05, 0.1) is 0 Å². The molecule has 3 heterocycles. The van der Waals surface area contributed by atoms with Gasteiger partial charge in [0.15, 0.2) is 0 Å². The second-order valence-corrected chi connectivity index (χ2v) is 25.0. The molecule has 8 heteroatoms. The van der Waals surface area contributed by atoms with Crippen molar-refractivity contribution < 1.29 is 16.5 Å². The van der Waals surface area contributed by atoms with Gasteiger partial charge < -0.3 is 16.5 Å². The van der Waals surface area contributed by atoms with Crippen LogP contribution in [-0.2, 0) is 16.5 Å². The quantitative estimate of drug-likeness (QED) is 0.309. The Morgan fingerprint density at radius 1 is 0.325 bits per heavy atom. The van der Waals surface area contributed by atoms with Crippen molar-refractivity contribution in [2.45, 2.75) is 49.9 Å². The number of benzene rings is 4. The first-order valence-corrected chi connectivity index (χ1v) is 22.8. The third kappa shape index (κ3) is 4.66. The Labute approximate surface area is 241 Å². The molecule has 3 aliphatic rings. The van der Waals surface area contributed by atoms with Crippen LogP contribution < -0.4 is 20.7 Å². The van der Waals surface area contributed by atoms with Gasteiger partial charge in [-0.05, 0) is 44.9 Å². The molecule has 3 aliphatic heterocycles. The van der Waals surface area contributed by atoms with E-state index < -0.39 is 34.2 Å². The fourth-order valence-corrected chi connectivity index (χ4v) is 31.2. The van der Waals surface area contributed by atoms with Gasteiger partial charge in [-0.15, -0.1) is 0 Å². The maximum absolute atomic E-state index is 7.81. The van der Waals surface area contributed by atoms with Crippen molar-refractivity contribution >= 4 is 55.0 Å². The smallest absolute Gasteiger partial charge is 0.389 e. The molecule has 0 unspecified atom stereocenters. The number of hydrogen-bond donors (Lipinski definition) is 0. The molecule has 4 aromatic carbocycles. The van der Waals surface area contributed by atoms with Gasteiger partial charge in [-0.2, -0.15) is 0 Å². The van der Waals surface area contributed by atoms with Crippen LogP contribution in [0.15, 0.2) is 121 Å². The zero-order valence-corrected chi connectivity index (χ0v) is 26.8. The Kier molecular flexibility index (Phi) is 7.13. The maximum Gasteiger partial charge on any atom is 0.389 e. The van der Waals surface area contributed by atoms with Crippen LogP contribution in [-0.4, -0.2) is 34.2 Å². The monoisotopic (exact) mass is 596 g/mol. The highest BCUT2D eigenvalue weighted by molar-refractivity contribution is 7.08. The molecule has 4 aromatic rings. The van der Waals surface area contributed by atoms with Crippen LogP contribution in [0.1, 0.15) is 25.7 Å². The molecule has 0 aliphatic carbocycles. The average Bonchev–Trinajstić information content (AvgIpc) is 3.67. The first-order chi connectivity index (χ1) is 19.7. The molecule has 0 N–H and O–H groups in total. The summed E-state index contributed by atoms with van der Waals surface area (Å²) in [4.78, 5) is 0. The molecular weight excluding hydrogens is 561 g/mol. The molecule has 40 heavy (non-hydrogen) atoms. The minimum Gasteiger partial charge on any atom is -0.409 e. The van der Waals surface area contributed by atoms with Crippen molar-refractivity contribution in [1.82, 2.24) is 0 Å². The van der Waals surface area contributed by atoms with Crippen LogP contribution in [0.5, 0.6) is 0 Å². The summed E-state index contributed by atoms with van der Waals surface area (Å²) in [7, 11) is -11.9. The molecule has 7 rings (SSSR count). The van der Waals surface area contributed by atoms with Gasteiger partial charge in [-0.1, -0.05) is 147 Å². The number of hydrogen-bond acceptors (Lipinski definition) is 4. The first kappa shape index (κ1) is 26.5. The highest BCUT2D eigenvalue weighted by Crippen LogP contribution is 2.44. The SMILES string of the molecule is c1ccc([Si]2(c3ccccc3)O[Si]3(CCCC3)O[Si](c3ccccc3)(c3ccccc3)O[Si]3(CCCC3)O2)cc1. The Bertz CT molecular complexity index is 1200. The van der Waals surface area contributed by atoms with E-state index in [1.54, 1.807) is 0 Å². The minimum absolute atomic E-state index is 0.969. The lowest BCUT2D eigenvalue weighted by atomic mass is 10.4. The predicted octanol–water partition coefficient (Wildman–Crippen LogP) is 5.05. The van der Waals surface area contributed by atoms with Gasteiger partial charge in [0.25, 0.3) is 0 Å². The predicted molar refractivity (Wildman–Crippen MR) is 169 cm³/mol. The summed E-state index contributed by atoms with van der Waals surface area (Å²) < 4.78 is 31.2. The van der Waals surface area contributed by atoms with E-state index in [4.69, 9.17) is 16.5 Å². The van der Waals surface area contributed by atoms with Gasteiger partial charge in [0.2, 0.25) is 0 Å². The molecule has 0 aromatic heterocycles. The van der Waals surface area contributed by atoms with E-state index in [0.29, 0.717) is 0 Å². The molecule has 204 valence electrons. The van der Waals surface area contributed by atoms with Gasteiger partial charge in [0, 0.05) is 0 Å². The van der Waals surface area contributed by atoms with Gasteiger partial charge in [-0.3, -0.25) is 0 Å². The van der Waals surface area contributed by atoms with Crippen molar-refractivity contribution in [1.29, 1.82) is 0 Å². The molecule has 0 bridgehead atoms. The van der Waals surface area contributed by atoms with Crippen molar-refractivity contribution in [2.75, 3.05) is 0 Å². The summed E-state index contributed by atoms with van der Waals surface area (Å²) in [5, 5.41) is 4.66. The summed E-state index contributed by atoms with van der Waals surface area (Å²) in [5.74, 6) is 0. The molecule has 0 radical (unpaired) electrons. The Balaban J connectivity index is 1.49. The van der Waals surface area contributed by atoms with Crippen LogP contribution in [0, 0.1) is 0 Å². The van der Waals surface area contributed by atoms with Crippen LogP contribution in [0.25, 0.3) is 0 Å². The molecule has 0 atom stereocenters. The molecule has 4 nitrogen and oxygen atoms in total. The Hall–Kier alpha value is -2.41. The summed E-state index contributed by atoms with van der Waals surface area (Å²) in [5.41, 5.74) is 0. The van der Waals surface area contributed by atoms with Gasteiger partial charge >= 0.3 is 34.2 Å². The van der Waals surface area contributed by atoms with E-state index >= 15 is 0 Å². The highest BCUT2D eigenvalue weighted by atomic mass is 28.5. The highest BCUT2D eigenvalue weighted by Gasteiger charge is 2.66.